The van der Waals surface area contributed by atoms with Gasteiger partial charge in [-0.3, -0.25) is 9.69 Å². The molecule has 146 valence electrons. The number of carbonyl (C=O) groups is 1. The molecule has 0 radical (unpaired) electrons. The molecule has 0 spiro atoms. The van der Waals surface area contributed by atoms with Crippen LogP contribution in [0.2, 0.25) is 0 Å². The van der Waals surface area contributed by atoms with Crippen LogP contribution in [0.25, 0.3) is 5.69 Å². The van der Waals surface area contributed by atoms with E-state index in [1.165, 1.54) is 5.56 Å². The quantitative estimate of drug-likeness (QED) is 0.681. The van der Waals surface area contributed by atoms with Crippen LogP contribution in [0.1, 0.15) is 23.4 Å². The highest BCUT2D eigenvalue weighted by Gasteiger charge is 2.20. The van der Waals surface area contributed by atoms with Crippen molar-refractivity contribution in [1.82, 2.24) is 24.7 Å². The first-order chi connectivity index (χ1) is 13.7. The summed E-state index contributed by atoms with van der Waals surface area (Å²) in [5.74, 6) is 0.752. The molecule has 0 bridgehead atoms. The third-order valence-electron chi connectivity index (χ3n) is 5.05. The van der Waals surface area contributed by atoms with E-state index in [1.807, 2.05) is 34.8 Å². The van der Waals surface area contributed by atoms with Crippen LogP contribution in [0.4, 0.5) is 0 Å². The Morgan fingerprint density at radius 2 is 2.00 bits per heavy atom. The normalized spacial score (nSPS) is 15.5. The zero-order chi connectivity index (χ0) is 19.3. The van der Waals surface area contributed by atoms with Gasteiger partial charge in [0.1, 0.15) is 5.76 Å². The fourth-order valence-corrected chi connectivity index (χ4v) is 3.57. The second kappa shape index (κ2) is 8.39. The first-order valence-electron chi connectivity index (χ1n) is 9.69. The summed E-state index contributed by atoms with van der Waals surface area (Å²) in [7, 11) is 0. The smallest absolute Gasteiger partial charge is 0.230 e. The maximum Gasteiger partial charge on any atom is 0.230 e. The number of rotatable bonds is 5. The number of aromatic nitrogens is 3. The topological polar surface area (TPSA) is 67.4 Å². The third-order valence-corrected chi connectivity index (χ3v) is 5.05. The molecule has 3 aromatic rings. The Hall–Kier alpha value is -2.93. The van der Waals surface area contributed by atoms with Crippen molar-refractivity contribution in [2.45, 2.75) is 26.3 Å². The molecule has 7 heteroatoms. The molecule has 0 saturated carbocycles. The summed E-state index contributed by atoms with van der Waals surface area (Å²) in [6.45, 7) is 6.16. The highest BCUT2D eigenvalue weighted by Crippen LogP contribution is 2.13. The van der Waals surface area contributed by atoms with Crippen molar-refractivity contribution in [3.8, 4) is 5.69 Å². The molecule has 0 unspecified atom stereocenters. The molecule has 3 heterocycles. The van der Waals surface area contributed by atoms with Crippen molar-refractivity contribution >= 4 is 5.91 Å². The molecule has 2 aromatic heterocycles. The minimum atomic E-state index is 0.113. The highest BCUT2D eigenvalue weighted by atomic mass is 16.5. The van der Waals surface area contributed by atoms with E-state index >= 15 is 0 Å². The summed E-state index contributed by atoms with van der Waals surface area (Å²) in [5, 5.41) is 8.11. The summed E-state index contributed by atoms with van der Waals surface area (Å²) >= 11 is 0. The predicted molar refractivity (Wildman–Crippen MR) is 105 cm³/mol. The van der Waals surface area contributed by atoms with Crippen molar-refractivity contribution in [3.63, 3.8) is 0 Å². The number of hydrogen-bond acceptors (Lipinski definition) is 5. The van der Waals surface area contributed by atoms with Crippen molar-refractivity contribution in [2.75, 3.05) is 26.2 Å². The fraction of sp³-hybridized carbons (Fsp3) is 0.381. The molecule has 0 N–H and O–H groups in total. The van der Waals surface area contributed by atoms with Gasteiger partial charge in [0.25, 0.3) is 0 Å². The average molecular weight is 379 g/mol. The maximum absolute atomic E-state index is 12.6. The lowest BCUT2D eigenvalue weighted by Crippen LogP contribution is -2.36. The van der Waals surface area contributed by atoms with Crippen LogP contribution in [-0.4, -0.2) is 56.8 Å². The van der Waals surface area contributed by atoms with E-state index < -0.39 is 0 Å². The molecular weight excluding hydrogens is 354 g/mol. The monoisotopic (exact) mass is 379 g/mol. The number of benzene rings is 1. The van der Waals surface area contributed by atoms with Gasteiger partial charge in [-0.25, -0.2) is 4.68 Å². The molecule has 4 rings (SSSR count). The Bertz CT molecular complexity index is 901. The Morgan fingerprint density at radius 3 is 2.71 bits per heavy atom. The van der Waals surface area contributed by atoms with Crippen LogP contribution in [0, 0.1) is 6.92 Å². The van der Waals surface area contributed by atoms with Crippen molar-refractivity contribution in [3.05, 3.63) is 65.8 Å². The minimum absolute atomic E-state index is 0.113. The van der Waals surface area contributed by atoms with E-state index in [9.17, 15) is 4.79 Å². The molecule has 1 amide bonds. The zero-order valence-corrected chi connectivity index (χ0v) is 16.1. The van der Waals surface area contributed by atoms with E-state index in [-0.39, 0.29) is 12.3 Å². The first kappa shape index (κ1) is 18.4. The molecule has 1 saturated heterocycles. The zero-order valence-electron chi connectivity index (χ0n) is 16.1. The molecule has 1 aliphatic heterocycles. The van der Waals surface area contributed by atoms with Crippen LogP contribution in [0.5, 0.6) is 0 Å². The maximum atomic E-state index is 12.6. The van der Waals surface area contributed by atoms with Crippen LogP contribution in [0.3, 0.4) is 0 Å². The number of aryl methyl sites for hydroxylation is 1. The molecule has 7 nitrogen and oxygen atoms in total. The Labute approximate surface area is 164 Å². The number of carbonyl (C=O) groups excluding carboxylic acids is 1. The largest absolute Gasteiger partial charge is 0.361 e. The van der Waals surface area contributed by atoms with E-state index in [0.717, 1.165) is 50.5 Å². The van der Waals surface area contributed by atoms with Crippen molar-refractivity contribution < 1.29 is 9.32 Å². The molecule has 0 aliphatic carbocycles. The van der Waals surface area contributed by atoms with Gasteiger partial charge < -0.3 is 9.42 Å². The number of nitrogens with zero attached hydrogens (tertiary/aromatic N) is 5. The Morgan fingerprint density at radius 1 is 1.14 bits per heavy atom. The molecule has 1 aromatic carbocycles. The lowest BCUT2D eigenvalue weighted by atomic mass is 10.2. The van der Waals surface area contributed by atoms with Gasteiger partial charge in [0.15, 0.2) is 0 Å². The van der Waals surface area contributed by atoms with Crippen molar-refractivity contribution in [1.29, 1.82) is 0 Å². The van der Waals surface area contributed by atoms with E-state index in [0.29, 0.717) is 5.76 Å². The predicted octanol–water partition coefficient (Wildman–Crippen LogP) is 2.45. The average Bonchev–Trinajstić information content (AvgIpc) is 3.31. The standard InChI is InChI=1S/C21H25N5O2/c1-17-14-20(28-23-17)15-21(27)25-10-3-9-24(12-13-25)16-18-4-6-19(7-5-18)26-11-2-8-22-26/h2,4-8,11,14H,3,9-10,12-13,15-16H2,1H3. The molecule has 28 heavy (non-hydrogen) atoms. The molecule has 1 fully saturated rings. The van der Waals surface area contributed by atoms with Crippen molar-refractivity contribution in [2.24, 2.45) is 0 Å². The Kier molecular flexibility index (Phi) is 5.53. The van der Waals surface area contributed by atoms with Gasteiger partial charge in [-0.1, -0.05) is 17.3 Å². The Balaban J connectivity index is 1.30. The van der Waals surface area contributed by atoms with Crippen LogP contribution >= 0.6 is 0 Å². The van der Waals surface area contributed by atoms with E-state index in [4.69, 9.17) is 4.52 Å². The molecule has 0 atom stereocenters. The molecular formula is C21H25N5O2. The number of amides is 1. The summed E-state index contributed by atoms with van der Waals surface area (Å²) in [4.78, 5) is 16.9. The van der Waals surface area contributed by atoms with E-state index in [1.54, 1.807) is 6.20 Å². The third kappa shape index (κ3) is 4.48. The lowest BCUT2D eigenvalue weighted by molar-refractivity contribution is -0.130. The van der Waals surface area contributed by atoms with Gasteiger partial charge in [-0.05, 0) is 37.1 Å². The first-order valence-corrected chi connectivity index (χ1v) is 9.69. The number of hydrogen-bond donors (Lipinski definition) is 0. The van der Waals surface area contributed by atoms with Gasteiger partial charge in [-0.15, -0.1) is 0 Å². The van der Waals surface area contributed by atoms with Gasteiger partial charge in [-0.2, -0.15) is 5.10 Å². The molecule has 1 aliphatic rings. The van der Waals surface area contributed by atoms with Crippen LogP contribution in [-0.2, 0) is 17.8 Å². The van der Waals surface area contributed by atoms with Crippen LogP contribution in [0.15, 0.2) is 53.3 Å². The van der Waals surface area contributed by atoms with Gasteiger partial charge in [0.05, 0.1) is 17.8 Å². The lowest BCUT2D eigenvalue weighted by Gasteiger charge is -2.22. The summed E-state index contributed by atoms with van der Waals surface area (Å²) in [5.41, 5.74) is 3.14. The van der Waals surface area contributed by atoms with Crippen LogP contribution < -0.4 is 0 Å². The second-order valence-corrected chi connectivity index (χ2v) is 7.24. The van der Waals surface area contributed by atoms with E-state index in [2.05, 4.69) is 39.4 Å². The highest BCUT2D eigenvalue weighted by molar-refractivity contribution is 5.78. The summed E-state index contributed by atoms with van der Waals surface area (Å²) < 4.78 is 7.04. The SMILES string of the molecule is Cc1cc(CC(=O)N2CCCN(Cc3ccc(-n4cccn4)cc3)CC2)on1. The fourth-order valence-electron chi connectivity index (χ4n) is 3.57. The second-order valence-electron chi connectivity index (χ2n) is 7.24. The van der Waals surface area contributed by atoms with Gasteiger partial charge in [0, 0.05) is 51.2 Å². The summed E-state index contributed by atoms with van der Waals surface area (Å²) in [6.07, 6.45) is 4.99. The van der Waals surface area contributed by atoms with Gasteiger partial charge in [0.2, 0.25) is 5.91 Å². The summed E-state index contributed by atoms with van der Waals surface area (Å²) in [6, 6.07) is 12.2. The van der Waals surface area contributed by atoms with Gasteiger partial charge >= 0.3 is 0 Å². The minimum Gasteiger partial charge on any atom is -0.361 e.